The molecule has 1 fully saturated rings. The van der Waals surface area contributed by atoms with Gasteiger partial charge in [0.2, 0.25) is 5.91 Å². The summed E-state index contributed by atoms with van der Waals surface area (Å²) in [5, 5.41) is 2.45. The number of amidine groups is 1. The number of likely N-dealkylation sites (tertiary alicyclic amines) is 1. The van der Waals surface area contributed by atoms with Crippen molar-refractivity contribution in [3.05, 3.63) is 58.0 Å². The van der Waals surface area contributed by atoms with Crippen molar-refractivity contribution in [1.29, 1.82) is 0 Å². The van der Waals surface area contributed by atoms with Crippen LogP contribution in [0.15, 0.2) is 51.6 Å². The number of carbonyl (C=O) groups is 3. The predicted molar refractivity (Wildman–Crippen MR) is 140 cm³/mol. The van der Waals surface area contributed by atoms with Crippen LogP contribution in [0, 0.1) is 11.7 Å². The van der Waals surface area contributed by atoms with Crippen LogP contribution in [0.25, 0.3) is 0 Å². The number of amides is 1. The third-order valence-electron chi connectivity index (χ3n) is 6.71. The lowest BCUT2D eigenvalue weighted by molar-refractivity contribution is -0.151. The van der Waals surface area contributed by atoms with Gasteiger partial charge in [-0.25, -0.2) is 14.2 Å². The third kappa shape index (κ3) is 6.10. The van der Waals surface area contributed by atoms with Gasteiger partial charge in [-0.2, -0.15) is 0 Å². The summed E-state index contributed by atoms with van der Waals surface area (Å²) < 4.78 is 29.9. The van der Waals surface area contributed by atoms with Gasteiger partial charge in [0.1, 0.15) is 12.4 Å². The van der Waals surface area contributed by atoms with E-state index in [0.717, 1.165) is 0 Å². The van der Waals surface area contributed by atoms with Crippen LogP contribution in [0.4, 0.5) is 4.39 Å². The highest BCUT2D eigenvalue weighted by Gasteiger charge is 2.42. The number of carbonyl (C=O) groups excluding carboxylic acids is 3. The van der Waals surface area contributed by atoms with Gasteiger partial charge in [0.05, 0.1) is 42.9 Å². The number of rotatable bonds is 9. The van der Waals surface area contributed by atoms with E-state index in [-0.39, 0.29) is 43.0 Å². The number of nitrogens with zero attached hydrogens (tertiary/aromatic N) is 3. The monoisotopic (exact) mass is 545 g/mol. The molecule has 38 heavy (non-hydrogen) atoms. The highest BCUT2D eigenvalue weighted by molar-refractivity contribution is 8.16. The van der Waals surface area contributed by atoms with Crippen LogP contribution in [-0.4, -0.2) is 72.8 Å². The van der Waals surface area contributed by atoms with Crippen LogP contribution < -0.4 is 0 Å². The van der Waals surface area contributed by atoms with Gasteiger partial charge in [0.25, 0.3) is 0 Å². The lowest BCUT2D eigenvalue weighted by Crippen LogP contribution is -2.42. The molecule has 3 aliphatic heterocycles. The summed E-state index contributed by atoms with van der Waals surface area (Å²) in [4.78, 5) is 46.7. The molecule has 11 heteroatoms. The number of esters is 2. The summed E-state index contributed by atoms with van der Waals surface area (Å²) >= 11 is 1.36. The Balaban J connectivity index is 1.55. The van der Waals surface area contributed by atoms with Gasteiger partial charge in [-0.3, -0.25) is 9.59 Å². The minimum absolute atomic E-state index is 0.0657. The summed E-state index contributed by atoms with van der Waals surface area (Å²) in [5.41, 5.74) is 1.97. The fourth-order valence-corrected chi connectivity index (χ4v) is 5.77. The van der Waals surface area contributed by atoms with Gasteiger partial charge in [-0.1, -0.05) is 23.9 Å². The molecule has 0 bridgehead atoms. The van der Waals surface area contributed by atoms with Crippen LogP contribution in [0.3, 0.4) is 0 Å². The first kappa shape index (κ1) is 27.8. The number of hydrogen-bond donors (Lipinski definition) is 0. The Morgan fingerprint density at radius 3 is 2.61 bits per heavy atom. The molecule has 0 spiro atoms. The first-order valence-corrected chi connectivity index (χ1v) is 13.5. The summed E-state index contributed by atoms with van der Waals surface area (Å²) in [6, 6.07) is 5.34. The van der Waals surface area contributed by atoms with Crippen molar-refractivity contribution in [3.63, 3.8) is 0 Å². The normalized spacial score (nSPS) is 19.6. The molecule has 0 unspecified atom stereocenters. The van der Waals surface area contributed by atoms with Crippen LogP contribution in [0.1, 0.15) is 44.7 Å². The Hall–Kier alpha value is -3.18. The zero-order chi connectivity index (χ0) is 27.2. The number of ether oxygens (including phenoxy) is 3. The average Bonchev–Trinajstić information content (AvgIpc) is 3.29. The Labute approximate surface area is 225 Å². The number of benzene rings is 1. The predicted octanol–water partition coefficient (Wildman–Crippen LogP) is 3.78. The van der Waals surface area contributed by atoms with Gasteiger partial charge in [-0.05, 0) is 49.8 Å². The average molecular weight is 546 g/mol. The second-order valence-corrected chi connectivity index (χ2v) is 10.00. The summed E-state index contributed by atoms with van der Waals surface area (Å²) in [6.45, 7) is 5.08. The number of piperidine rings is 1. The van der Waals surface area contributed by atoms with E-state index in [1.54, 1.807) is 30.9 Å². The smallest absolute Gasteiger partial charge is 0.338 e. The van der Waals surface area contributed by atoms with Crippen molar-refractivity contribution in [2.75, 3.05) is 40.0 Å². The lowest BCUT2D eigenvalue weighted by Gasteiger charge is -2.37. The van der Waals surface area contributed by atoms with Crippen molar-refractivity contribution in [2.24, 2.45) is 10.9 Å². The molecule has 1 atom stereocenters. The topological polar surface area (TPSA) is 97.7 Å². The zero-order valence-corrected chi connectivity index (χ0v) is 22.6. The zero-order valence-electron chi connectivity index (χ0n) is 21.8. The molecule has 0 radical (unpaired) electrons. The molecule has 1 aromatic rings. The van der Waals surface area contributed by atoms with E-state index in [4.69, 9.17) is 14.2 Å². The minimum Gasteiger partial charge on any atom is -0.466 e. The molecule has 3 heterocycles. The van der Waals surface area contributed by atoms with Crippen LogP contribution in [0.2, 0.25) is 0 Å². The molecule has 204 valence electrons. The first-order chi connectivity index (χ1) is 18.3. The molecule has 0 aromatic heterocycles. The number of thioether (sulfide) groups is 1. The quantitative estimate of drug-likeness (QED) is 0.342. The van der Waals surface area contributed by atoms with Crippen LogP contribution >= 0.6 is 11.8 Å². The molecule has 4 rings (SSSR count). The largest absolute Gasteiger partial charge is 0.466 e. The summed E-state index contributed by atoms with van der Waals surface area (Å²) in [5.74, 6) is -1.50. The Morgan fingerprint density at radius 1 is 1.16 bits per heavy atom. The summed E-state index contributed by atoms with van der Waals surface area (Å²) in [6.07, 6.45) is 1.19. The van der Waals surface area contributed by atoms with Gasteiger partial charge >= 0.3 is 11.9 Å². The number of methoxy groups -OCH3 is 1. The van der Waals surface area contributed by atoms with Gasteiger partial charge in [-0.15, -0.1) is 0 Å². The van der Waals surface area contributed by atoms with Crippen LogP contribution in [-0.2, 0) is 28.6 Å². The van der Waals surface area contributed by atoms with E-state index < -0.39 is 17.8 Å². The van der Waals surface area contributed by atoms with E-state index in [1.165, 1.54) is 31.0 Å². The molecular formula is C27H32FN3O6S. The number of aliphatic imine (C=N–C) groups is 1. The number of halogens is 1. The van der Waals surface area contributed by atoms with Gasteiger partial charge < -0.3 is 24.0 Å². The number of allylic oxidation sites excluding steroid dienone is 1. The van der Waals surface area contributed by atoms with E-state index in [2.05, 4.69) is 4.99 Å². The second kappa shape index (κ2) is 12.6. The van der Waals surface area contributed by atoms with E-state index in [1.807, 2.05) is 10.3 Å². The SMILES string of the molecule is CCOC(=O)C1CCN(C(=O)CC2=CSC3=NC(C)=C(C(=O)OCCOC)[C@@H](c4cccc(F)c4)N23)CC1. The van der Waals surface area contributed by atoms with E-state index >= 15 is 0 Å². The fraction of sp³-hybridized carbons (Fsp3) is 0.481. The van der Waals surface area contributed by atoms with Gasteiger partial charge in [0, 0.05) is 25.9 Å². The van der Waals surface area contributed by atoms with Crippen molar-refractivity contribution in [1.82, 2.24) is 9.80 Å². The number of hydrogen-bond acceptors (Lipinski definition) is 9. The maximum Gasteiger partial charge on any atom is 0.338 e. The van der Waals surface area contributed by atoms with Crippen molar-refractivity contribution in [3.8, 4) is 0 Å². The third-order valence-corrected chi connectivity index (χ3v) is 7.59. The van der Waals surface area contributed by atoms with E-state index in [9.17, 15) is 18.8 Å². The molecule has 9 nitrogen and oxygen atoms in total. The fourth-order valence-electron chi connectivity index (χ4n) is 4.81. The standard InChI is InChI=1S/C27H32FN3O6S/c1-4-36-25(33)18-8-10-30(11-9-18)22(32)15-21-16-38-27-29-17(2)23(26(34)37-13-12-35-3)24(31(21)27)19-6-5-7-20(28)14-19/h5-7,14,16,18,24H,4,8-13,15H2,1-3H3/t24-/m1/s1. The Bertz CT molecular complexity index is 1180. The van der Waals surface area contributed by atoms with E-state index in [0.29, 0.717) is 54.7 Å². The highest BCUT2D eigenvalue weighted by atomic mass is 32.2. The molecule has 3 aliphatic rings. The molecule has 1 aromatic carbocycles. The maximum absolute atomic E-state index is 14.3. The molecule has 0 aliphatic carbocycles. The molecule has 0 N–H and O–H groups in total. The molecule has 1 amide bonds. The van der Waals surface area contributed by atoms with Gasteiger partial charge in [0.15, 0.2) is 5.17 Å². The highest BCUT2D eigenvalue weighted by Crippen LogP contribution is 2.45. The minimum atomic E-state index is -0.711. The second-order valence-electron chi connectivity index (χ2n) is 9.16. The molecule has 0 saturated carbocycles. The van der Waals surface area contributed by atoms with Crippen molar-refractivity contribution in [2.45, 2.75) is 39.2 Å². The summed E-state index contributed by atoms with van der Waals surface area (Å²) in [7, 11) is 1.51. The van der Waals surface area contributed by atoms with Crippen LogP contribution in [0.5, 0.6) is 0 Å². The van der Waals surface area contributed by atoms with Crippen molar-refractivity contribution >= 4 is 34.8 Å². The Kier molecular flexibility index (Phi) is 9.22. The Morgan fingerprint density at radius 2 is 1.92 bits per heavy atom. The molecular weight excluding hydrogens is 513 g/mol. The molecule has 1 saturated heterocycles. The first-order valence-electron chi connectivity index (χ1n) is 12.6. The number of fused-ring (bicyclic) bond motifs is 1. The maximum atomic E-state index is 14.3. The van der Waals surface area contributed by atoms with Crippen molar-refractivity contribution < 1.29 is 33.0 Å². The lowest BCUT2D eigenvalue weighted by atomic mass is 9.93.